The Kier molecular flexibility index (Phi) is 2.62. The van der Waals surface area contributed by atoms with Crippen LogP contribution in [-0.2, 0) is 4.79 Å². The van der Waals surface area contributed by atoms with Crippen LogP contribution < -0.4 is 34.7 Å². The summed E-state index contributed by atoms with van der Waals surface area (Å²) in [6, 6.07) is 0.480. The molecule has 1 fully saturated rings. The van der Waals surface area contributed by atoms with E-state index in [0.717, 1.165) is 19.4 Å². The van der Waals surface area contributed by atoms with Gasteiger partial charge in [0, 0.05) is 12.6 Å². The van der Waals surface area contributed by atoms with Crippen molar-refractivity contribution in [2.75, 3.05) is 6.54 Å². The van der Waals surface area contributed by atoms with E-state index in [4.69, 9.17) is 0 Å². The van der Waals surface area contributed by atoms with Gasteiger partial charge in [0.15, 0.2) is 0 Å². The van der Waals surface area contributed by atoms with Crippen LogP contribution in [0.4, 0.5) is 0 Å². The van der Waals surface area contributed by atoms with Crippen molar-refractivity contribution in [2.24, 2.45) is 0 Å². The van der Waals surface area contributed by atoms with Gasteiger partial charge in [0.05, 0.1) is 11.7 Å². The summed E-state index contributed by atoms with van der Waals surface area (Å²) in [6.45, 7) is 0.893. The van der Waals surface area contributed by atoms with Gasteiger partial charge >= 0.3 is 29.6 Å². The maximum Gasteiger partial charge on any atom is 1.00 e. The summed E-state index contributed by atoms with van der Waals surface area (Å²) in [6.07, 6.45) is 3.78. The average Bonchev–Trinajstić information content (AvgIpc) is 2.07. The third-order valence-electron chi connectivity index (χ3n) is 2.25. The molecular weight excluding hydrogens is 153 g/mol. The van der Waals surface area contributed by atoms with Gasteiger partial charge in [0.2, 0.25) is 0 Å². The fourth-order valence-electron chi connectivity index (χ4n) is 1.57. The molecule has 4 heteroatoms. The summed E-state index contributed by atoms with van der Waals surface area (Å²) < 4.78 is 0. The Labute approximate surface area is 87.4 Å². The minimum absolute atomic E-state index is 0. The Morgan fingerprint density at radius 3 is 2.73 bits per heavy atom. The molecule has 2 rings (SSSR count). The summed E-state index contributed by atoms with van der Waals surface area (Å²) in [5.74, 6) is -1.03. The zero-order valence-corrected chi connectivity index (χ0v) is 8.54. The number of rotatable bonds is 1. The van der Waals surface area contributed by atoms with E-state index in [1.807, 2.05) is 4.90 Å². The molecular formula is C7H8NNaO2. The van der Waals surface area contributed by atoms with E-state index in [1.165, 1.54) is 0 Å². The molecule has 0 amide bonds. The van der Waals surface area contributed by atoms with Gasteiger partial charge in [-0.2, -0.15) is 0 Å². The Balaban J connectivity index is 0.000000605. The molecule has 1 saturated heterocycles. The molecule has 0 aromatic rings. The molecule has 0 saturated carbocycles. The number of hydrogen-bond donors (Lipinski definition) is 0. The van der Waals surface area contributed by atoms with Crippen molar-refractivity contribution in [3.8, 4) is 0 Å². The molecule has 0 radical (unpaired) electrons. The SMILES string of the molecule is O=C([O-])C1=CCC2CCN12.[Na+]. The van der Waals surface area contributed by atoms with E-state index in [1.54, 1.807) is 6.08 Å². The number of carbonyl (C=O) groups is 1. The summed E-state index contributed by atoms with van der Waals surface area (Å²) in [5.41, 5.74) is 0.399. The Bertz CT molecular complexity index is 214. The van der Waals surface area contributed by atoms with Gasteiger partial charge < -0.3 is 14.8 Å². The molecule has 0 aromatic carbocycles. The Morgan fingerprint density at radius 2 is 2.45 bits per heavy atom. The van der Waals surface area contributed by atoms with Crippen LogP contribution in [0.5, 0.6) is 0 Å². The van der Waals surface area contributed by atoms with E-state index < -0.39 is 5.97 Å². The molecule has 0 aromatic heterocycles. The van der Waals surface area contributed by atoms with Crippen molar-refractivity contribution >= 4 is 5.97 Å². The van der Waals surface area contributed by atoms with E-state index >= 15 is 0 Å². The van der Waals surface area contributed by atoms with Crippen LogP contribution >= 0.6 is 0 Å². The predicted octanol–water partition coefficient (Wildman–Crippen LogP) is -3.90. The van der Waals surface area contributed by atoms with Crippen LogP contribution in [0.25, 0.3) is 0 Å². The average molecular weight is 161 g/mol. The van der Waals surface area contributed by atoms with Crippen LogP contribution in [0.15, 0.2) is 11.8 Å². The standard InChI is InChI=1S/C7H9NO2.Na/c9-7(10)6-2-1-5-3-4-8(5)6;/h2,5H,1,3-4H2,(H,9,10);/q;+1/p-1. The fraction of sp³-hybridized carbons (Fsp3) is 0.571. The number of nitrogens with zero attached hydrogens (tertiary/aromatic N) is 1. The summed E-state index contributed by atoms with van der Waals surface area (Å²) in [7, 11) is 0. The van der Waals surface area contributed by atoms with Crippen LogP contribution in [-0.4, -0.2) is 23.5 Å². The van der Waals surface area contributed by atoms with Crippen molar-refractivity contribution in [3.63, 3.8) is 0 Å². The number of hydrogen-bond acceptors (Lipinski definition) is 3. The smallest absolute Gasteiger partial charge is 0.543 e. The first-order valence-corrected chi connectivity index (χ1v) is 3.47. The Morgan fingerprint density at radius 1 is 1.73 bits per heavy atom. The van der Waals surface area contributed by atoms with Gasteiger partial charge in [-0.1, -0.05) is 6.08 Å². The number of carboxylic acid groups (broad SMARTS) is 1. The van der Waals surface area contributed by atoms with Crippen molar-refractivity contribution in [3.05, 3.63) is 11.8 Å². The van der Waals surface area contributed by atoms with Crippen LogP contribution in [0.1, 0.15) is 12.8 Å². The van der Waals surface area contributed by atoms with Gasteiger partial charge in [0.25, 0.3) is 0 Å². The van der Waals surface area contributed by atoms with E-state index in [-0.39, 0.29) is 29.6 Å². The van der Waals surface area contributed by atoms with Crippen molar-refractivity contribution in [2.45, 2.75) is 18.9 Å². The van der Waals surface area contributed by atoms with E-state index in [2.05, 4.69) is 0 Å². The third-order valence-corrected chi connectivity index (χ3v) is 2.25. The van der Waals surface area contributed by atoms with Crippen LogP contribution in [0, 0.1) is 0 Å². The molecule has 0 N–H and O–H groups in total. The minimum Gasteiger partial charge on any atom is -0.543 e. The van der Waals surface area contributed by atoms with Gasteiger partial charge in [0.1, 0.15) is 0 Å². The van der Waals surface area contributed by atoms with Gasteiger partial charge in [-0.25, -0.2) is 0 Å². The fourth-order valence-corrected chi connectivity index (χ4v) is 1.57. The summed E-state index contributed by atoms with van der Waals surface area (Å²) >= 11 is 0. The van der Waals surface area contributed by atoms with Crippen molar-refractivity contribution in [1.82, 2.24) is 4.90 Å². The molecule has 0 aliphatic carbocycles. The molecule has 11 heavy (non-hydrogen) atoms. The number of aliphatic carboxylic acids is 1. The molecule has 3 nitrogen and oxygen atoms in total. The monoisotopic (exact) mass is 161 g/mol. The predicted molar refractivity (Wildman–Crippen MR) is 32.8 cm³/mol. The molecule has 0 spiro atoms. The van der Waals surface area contributed by atoms with E-state index in [9.17, 15) is 9.90 Å². The number of carbonyl (C=O) groups excluding carboxylic acids is 1. The van der Waals surface area contributed by atoms with Gasteiger partial charge in [-0.15, -0.1) is 0 Å². The van der Waals surface area contributed by atoms with Gasteiger partial charge in [-0.05, 0) is 12.8 Å². The van der Waals surface area contributed by atoms with Crippen molar-refractivity contribution in [1.29, 1.82) is 0 Å². The second-order valence-corrected chi connectivity index (χ2v) is 2.75. The van der Waals surface area contributed by atoms with Gasteiger partial charge in [-0.3, -0.25) is 0 Å². The molecule has 1 atom stereocenters. The summed E-state index contributed by atoms with van der Waals surface area (Å²) in [5, 5.41) is 10.4. The number of fused-ring (bicyclic) bond motifs is 1. The maximum absolute atomic E-state index is 10.4. The molecule has 1 unspecified atom stereocenters. The second kappa shape index (κ2) is 3.17. The largest absolute Gasteiger partial charge is 1.00 e. The van der Waals surface area contributed by atoms with E-state index in [0.29, 0.717) is 11.7 Å². The first-order chi connectivity index (χ1) is 4.79. The second-order valence-electron chi connectivity index (χ2n) is 2.75. The first kappa shape index (κ1) is 9.10. The molecule has 2 heterocycles. The molecule has 54 valence electrons. The molecule has 2 aliphatic heterocycles. The van der Waals surface area contributed by atoms with Crippen LogP contribution in [0.2, 0.25) is 0 Å². The molecule has 2 aliphatic rings. The Hall–Kier alpha value is 0.0100. The van der Waals surface area contributed by atoms with Crippen molar-refractivity contribution < 1.29 is 39.5 Å². The maximum atomic E-state index is 10.4. The zero-order chi connectivity index (χ0) is 7.14. The quantitative estimate of drug-likeness (QED) is 0.369. The number of carboxylic acids is 1. The minimum atomic E-state index is -1.03. The summed E-state index contributed by atoms with van der Waals surface area (Å²) in [4.78, 5) is 12.3. The first-order valence-electron chi connectivity index (χ1n) is 3.47. The van der Waals surface area contributed by atoms with Crippen LogP contribution in [0.3, 0.4) is 0 Å². The topological polar surface area (TPSA) is 43.4 Å². The molecule has 0 bridgehead atoms. The zero-order valence-electron chi connectivity index (χ0n) is 6.54. The normalized spacial score (nSPS) is 26.4. The third kappa shape index (κ3) is 1.33.